The van der Waals surface area contributed by atoms with Gasteiger partial charge in [-0.15, -0.1) is 10.2 Å². The van der Waals surface area contributed by atoms with Crippen LogP contribution in [0.4, 0.5) is 17.1 Å². The van der Waals surface area contributed by atoms with E-state index in [1.807, 2.05) is 0 Å². The summed E-state index contributed by atoms with van der Waals surface area (Å²) in [7, 11) is -8.99. The monoisotopic (exact) mass is 489 g/mol. The molecule has 0 saturated heterocycles. The van der Waals surface area contributed by atoms with Crippen LogP contribution in [0.15, 0.2) is 74.6 Å². The number of azo groups is 1. The quantitative estimate of drug-likeness (QED) is 0.160. The number of nitrogen functional groups attached to an aromatic ring is 1. The van der Waals surface area contributed by atoms with E-state index >= 15 is 0 Å². The molecule has 4 aromatic rings. The van der Waals surface area contributed by atoms with E-state index in [2.05, 4.69) is 10.2 Å². The zero-order chi connectivity index (χ0) is 24.1. The summed E-state index contributed by atoms with van der Waals surface area (Å²) in [6, 6.07) is 11.3. The van der Waals surface area contributed by atoms with E-state index in [4.69, 9.17) is 10.3 Å². The molecule has 4 aromatic carbocycles. The van der Waals surface area contributed by atoms with Crippen LogP contribution in [0.5, 0.6) is 11.5 Å². The molecular formula is C20H15N3O8S2. The second kappa shape index (κ2) is 7.67. The standard InChI is InChI=1S/C20H15N3O8S2/c21-14-4-6-18(33(29,30)31)13-3-5-15(20(25)19(13)14)22-23-16-8-10-1-2-12(32(26,27)28)7-11(10)9-17(16)24/h1-9,24-25H,21H2,(H,26,27,28)(H,29,30,31). The van der Waals surface area contributed by atoms with Gasteiger partial charge in [0.25, 0.3) is 20.2 Å². The zero-order valence-corrected chi connectivity index (χ0v) is 18.0. The molecule has 11 nitrogen and oxygen atoms in total. The highest BCUT2D eigenvalue weighted by atomic mass is 32.2. The van der Waals surface area contributed by atoms with Crippen molar-refractivity contribution in [2.75, 3.05) is 5.73 Å². The molecule has 0 fully saturated rings. The van der Waals surface area contributed by atoms with Crippen molar-refractivity contribution < 1.29 is 36.2 Å². The summed E-state index contributed by atoms with van der Waals surface area (Å²) in [5, 5.41) is 29.4. The first-order valence-corrected chi connectivity index (χ1v) is 11.9. The molecule has 33 heavy (non-hydrogen) atoms. The van der Waals surface area contributed by atoms with Gasteiger partial charge in [0.15, 0.2) is 5.75 Å². The van der Waals surface area contributed by atoms with Gasteiger partial charge >= 0.3 is 0 Å². The lowest BCUT2D eigenvalue weighted by Gasteiger charge is -2.10. The Balaban J connectivity index is 1.80. The molecule has 0 aliphatic heterocycles. The lowest BCUT2D eigenvalue weighted by atomic mass is 10.1. The van der Waals surface area contributed by atoms with Gasteiger partial charge in [-0.1, -0.05) is 12.1 Å². The van der Waals surface area contributed by atoms with Crippen molar-refractivity contribution in [1.29, 1.82) is 0 Å². The Morgan fingerprint density at radius 1 is 0.727 bits per heavy atom. The lowest BCUT2D eigenvalue weighted by molar-refractivity contribution is 0.476. The average molecular weight is 489 g/mol. The molecular weight excluding hydrogens is 474 g/mol. The maximum Gasteiger partial charge on any atom is 0.295 e. The van der Waals surface area contributed by atoms with Gasteiger partial charge in [-0.3, -0.25) is 9.11 Å². The molecule has 4 rings (SSSR count). The fourth-order valence-electron chi connectivity index (χ4n) is 3.32. The van der Waals surface area contributed by atoms with Crippen LogP contribution in [0.1, 0.15) is 0 Å². The minimum atomic E-state index is -4.58. The number of benzene rings is 4. The summed E-state index contributed by atoms with van der Waals surface area (Å²) in [5.41, 5.74) is 5.80. The topological polar surface area (TPSA) is 200 Å². The van der Waals surface area contributed by atoms with Crippen LogP contribution in [0.3, 0.4) is 0 Å². The van der Waals surface area contributed by atoms with Crippen molar-refractivity contribution in [2.45, 2.75) is 9.79 Å². The van der Waals surface area contributed by atoms with Crippen LogP contribution < -0.4 is 5.73 Å². The summed E-state index contributed by atoms with van der Waals surface area (Å²) in [4.78, 5) is -0.784. The van der Waals surface area contributed by atoms with Crippen molar-refractivity contribution in [3.05, 3.63) is 54.6 Å². The number of hydrogen-bond acceptors (Lipinski definition) is 9. The minimum absolute atomic E-state index is 0.0127. The number of nitrogens with zero attached hydrogens (tertiary/aromatic N) is 2. The molecule has 170 valence electrons. The summed E-state index contributed by atoms with van der Waals surface area (Å²) >= 11 is 0. The summed E-state index contributed by atoms with van der Waals surface area (Å²) in [6.45, 7) is 0. The molecule has 13 heteroatoms. The Morgan fingerprint density at radius 3 is 2.09 bits per heavy atom. The highest BCUT2D eigenvalue weighted by Crippen LogP contribution is 2.42. The molecule has 6 N–H and O–H groups in total. The maximum atomic E-state index is 11.6. The van der Waals surface area contributed by atoms with Crippen LogP contribution in [-0.4, -0.2) is 36.2 Å². The second-order valence-electron chi connectivity index (χ2n) is 7.01. The van der Waals surface area contributed by atoms with Crippen LogP contribution in [0, 0.1) is 0 Å². The van der Waals surface area contributed by atoms with Gasteiger partial charge in [0, 0.05) is 11.1 Å². The van der Waals surface area contributed by atoms with E-state index < -0.39 is 30.9 Å². The number of phenols is 2. The molecule has 0 unspecified atom stereocenters. The number of hydrogen-bond donors (Lipinski definition) is 5. The Morgan fingerprint density at radius 2 is 1.42 bits per heavy atom. The van der Waals surface area contributed by atoms with E-state index in [1.54, 1.807) is 0 Å². The van der Waals surface area contributed by atoms with E-state index in [0.29, 0.717) is 10.8 Å². The highest BCUT2D eigenvalue weighted by Gasteiger charge is 2.19. The molecule has 0 heterocycles. The largest absolute Gasteiger partial charge is 0.506 e. The number of phenolic OH excluding ortho intramolecular Hbond substituents is 2. The van der Waals surface area contributed by atoms with Gasteiger partial charge in [0.2, 0.25) is 0 Å². The van der Waals surface area contributed by atoms with E-state index in [-0.39, 0.29) is 38.5 Å². The third-order valence-electron chi connectivity index (χ3n) is 4.87. The van der Waals surface area contributed by atoms with Crippen LogP contribution in [-0.2, 0) is 20.2 Å². The van der Waals surface area contributed by atoms with E-state index in [1.165, 1.54) is 48.5 Å². The Labute approximate surface area is 186 Å². The highest BCUT2D eigenvalue weighted by molar-refractivity contribution is 7.86. The number of aromatic hydroxyl groups is 2. The Kier molecular flexibility index (Phi) is 5.21. The van der Waals surface area contributed by atoms with Gasteiger partial charge in [0.05, 0.1) is 10.3 Å². The van der Waals surface area contributed by atoms with E-state index in [0.717, 1.165) is 6.07 Å². The van der Waals surface area contributed by atoms with Crippen molar-refractivity contribution in [1.82, 2.24) is 0 Å². The van der Waals surface area contributed by atoms with Gasteiger partial charge in [0.1, 0.15) is 22.0 Å². The molecule has 0 aliphatic carbocycles. The fourth-order valence-corrected chi connectivity index (χ4v) is 4.53. The third-order valence-corrected chi connectivity index (χ3v) is 6.63. The average Bonchev–Trinajstić information content (AvgIpc) is 2.71. The first-order chi connectivity index (χ1) is 15.4. The van der Waals surface area contributed by atoms with E-state index in [9.17, 15) is 31.6 Å². The third kappa shape index (κ3) is 4.17. The molecule has 0 aliphatic rings. The normalized spacial score (nSPS) is 12.7. The fraction of sp³-hybridized carbons (Fsp3) is 0. The van der Waals surface area contributed by atoms with Crippen LogP contribution >= 0.6 is 0 Å². The number of anilines is 1. The molecule has 0 amide bonds. The number of fused-ring (bicyclic) bond motifs is 2. The maximum absolute atomic E-state index is 11.6. The molecule has 0 radical (unpaired) electrons. The summed E-state index contributed by atoms with van der Waals surface area (Å²) in [6.07, 6.45) is 0. The van der Waals surface area contributed by atoms with Crippen molar-refractivity contribution in [2.24, 2.45) is 10.2 Å². The summed E-state index contributed by atoms with van der Waals surface area (Å²) < 4.78 is 64.4. The lowest BCUT2D eigenvalue weighted by Crippen LogP contribution is -2.00. The number of rotatable bonds is 4. The molecule has 0 aromatic heterocycles. The van der Waals surface area contributed by atoms with Gasteiger partial charge in [-0.2, -0.15) is 16.8 Å². The Bertz CT molecular complexity index is 1700. The zero-order valence-electron chi connectivity index (χ0n) is 16.4. The van der Waals surface area contributed by atoms with Crippen LogP contribution in [0.25, 0.3) is 21.5 Å². The van der Waals surface area contributed by atoms with Gasteiger partial charge < -0.3 is 15.9 Å². The predicted octanol–water partition coefficient (Wildman–Crippen LogP) is 3.90. The summed E-state index contributed by atoms with van der Waals surface area (Å²) in [5.74, 6) is -0.843. The van der Waals surface area contributed by atoms with Crippen molar-refractivity contribution in [3.63, 3.8) is 0 Å². The first-order valence-electron chi connectivity index (χ1n) is 9.04. The Hall–Kier alpha value is -3.78. The SMILES string of the molecule is Nc1ccc(S(=O)(=O)O)c2ccc(N=Nc3cc4ccc(S(=O)(=O)O)cc4cc3O)c(O)c12. The molecule has 0 atom stereocenters. The second-order valence-corrected chi connectivity index (χ2v) is 9.82. The molecule has 0 bridgehead atoms. The van der Waals surface area contributed by atoms with Crippen molar-refractivity contribution >= 4 is 58.8 Å². The number of nitrogens with two attached hydrogens (primary N) is 1. The first kappa shape index (κ1) is 22.4. The molecule has 0 saturated carbocycles. The van der Waals surface area contributed by atoms with Crippen LogP contribution in [0.2, 0.25) is 0 Å². The minimum Gasteiger partial charge on any atom is -0.506 e. The smallest absolute Gasteiger partial charge is 0.295 e. The van der Waals surface area contributed by atoms with Crippen molar-refractivity contribution in [3.8, 4) is 11.5 Å². The van der Waals surface area contributed by atoms with Gasteiger partial charge in [-0.25, -0.2) is 0 Å². The van der Waals surface area contributed by atoms with Gasteiger partial charge in [-0.05, 0) is 53.2 Å². The molecule has 0 spiro atoms. The predicted molar refractivity (Wildman–Crippen MR) is 119 cm³/mol.